The van der Waals surface area contributed by atoms with E-state index >= 15 is 0 Å². The van der Waals surface area contributed by atoms with Crippen molar-refractivity contribution in [1.29, 1.82) is 0 Å². The molecular formula is C17H23N3O4. The molecule has 24 heavy (non-hydrogen) atoms. The van der Waals surface area contributed by atoms with Crippen LogP contribution in [-0.2, 0) is 11.3 Å². The normalized spacial score (nSPS) is 11.2. The van der Waals surface area contributed by atoms with Gasteiger partial charge in [0.2, 0.25) is 0 Å². The highest BCUT2D eigenvalue weighted by atomic mass is 16.6. The van der Waals surface area contributed by atoms with Gasteiger partial charge >= 0.3 is 6.09 Å². The first-order valence-corrected chi connectivity index (χ1v) is 7.65. The zero-order valence-corrected chi connectivity index (χ0v) is 14.4. The Morgan fingerprint density at radius 3 is 2.79 bits per heavy atom. The van der Waals surface area contributed by atoms with E-state index in [2.05, 4.69) is 10.4 Å². The van der Waals surface area contributed by atoms with Gasteiger partial charge in [-0.05, 0) is 39.0 Å². The molecule has 0 unspecified atom stereocenters. The molecule has 0 aliphatic rings. The molecule has 7 nitrogen and oxygen atoms in total. The van der Waals surface area contributed by atoms with Crippen LogP contribution in [0.15, 0.2) is 30.6 Å². The molecule has 1 aromatic carbocycles. The number of aromatic nitrogens is 2. The Bertz CT molecular complexity index is 704. The zero-order valence-electron chi connectivity index (χ0n) is 14.4. The number of ether oxygens (including phenoxy) is 2. The van der Waals surface area contributed by atoms with E-state index in [-0.39, 0.29) is 5.75 Å². The molecule has 1 amide bonds. The fraction of sp³-hybridized carbons (Fsp3) is 0.412. The standard InChI is InChI=1S/C17H23N3O4/c1-17(2,3)24-16(22)18-7-8-20-11-12(10-19-20)14-9-13(21)5-6-15(14)23-4/h5-6,9-11,21H,7-8H2,1-4H3,(H,18,22). The Balaban J connectivity index is 1.97. The lowest BCUT2D eigenvalue weighted by Crippen LogP contribution is -2.34. The van der Waals surface area contributed by atoms with E-state index in [4.69, 9.17) is 9.47 Å². The number of hydrogen-bond acceptors (Lipinski definition) is 5. The van der Waals surface area contributed by atoms with Crippen LogP contribution in [0.4, 0.5) is 4.79 Å². The average Bonchev–Trinajstić information content (AvgIpc) is 2.94. The summed E-state index contributed by atoms with van der Waals surface area (Å²) in [4.78, 5) is 11.6. The maximum absolute atomic E-state index is 11.6. The highest BCUT2D eigenvalue weighted by Gasteiger charge is 2.15. The van der Waals surface area contributed by atoms with Crippen LogP contribution in [-0.4, -0.2) is 40.2 Å². The first kappa shape index (κ1) is 17.7. The quantitative estimate of drug-likeness (QED) is 0.879. The van der Waals surface area contributed by atoms with Crippen molar-refractivity contribution >= 4 is 6.09 Å². The van der Waals surface area contributed by atoms with Gasteiger partial charge in [-0.15, -0.1) is 0 Å². The van der Waals surface area contributed by atoms with E-state index in [1.54, 1.807) is 36.2 Å². The molecular weight excluding hydrogens is 310 g/mol. The van der Waals surface area contributed by atoms with E-state index in [9.17, 15) is 9.90 Å². The lowest BCUT2D eigenvalue weighted by molar-refractivity contribution is 0.0525. The summed E-state index contributed by atoms with van der Waals surface area (Å²) in [5.74, 6) is 0.810. The zero-order chi connectivity index (χ0) is 17.7. The number of phenolic OH excluding ortho intramolecular Hbond substituents is 1. The maximum Gasteiger partial charge on any atom is 0.407 e. The lowest BCUT2D eigenvalue weighted by atomic mass is 10.1. The van der Waals surface area contributed by atoms with Crippen molar-refractivity contribution in [1.82, 2.24) is 15.1 Å². The molecule has 0 saturated carbocycles. The molecule has 0 saturated heterocycles. The third-order valence-electron chi connectivity index (χ3n) is 3.14. The van der Waals surface area contributed by atoms with Gasteiger partial charge in [-0.25, -0.2) is 4.79 Å². The van der Waals surface area contributed by atoms with Gasteiger partial charge in [-0.3, -0.25) is 4.68 Å². The maximum atomic E-state index is 11.6. The smallest absolute Gasteiger partial charge is 0.407 e. The van der Waals surface area contributed by atoms with Crippen molar-refractivity contribution in [2.24, 2.45) is 0 Å². The lowest BCUT2D eigenvalue weighted by Gasteiger charge is -2.19. The fourth-order valence-electron chi connectivity index (χ4n) is 2.13. The molecule has 0 bridgehead atoms. The van der Waals surface area contributed by atoms with Crippen LogP contribution in [0.25, 0.3) is 11.1 Å². The van der Waals surface area contributed by atoms with Crippen molar-refractivity contribution < 1.29 is 19.4 Å². The number of carbonyl (C=O) groups excluding carboxylic acids is 1. The van der Waals surface area contributed by atoms with Crippen LogP contribution in [0, 0.1) is 0 Å². The Morgan fingerprint density at radius 1 is 1.38 bits per heavy atom. The van der Waals surface area contributed by atoms with Crippen LogP contribution >= 0.6 is 0 Å². The van der Waals surface area contributed by atoms with Gasteiger partial charge in [0, 0.05) is 23.9 Å². The Hall–Kier alpha value is -2.70. The SMILES string of the molecule is COc1ccc(O)cc1-c1cnn(CCNC(=O)OC(C)(C)C)c1. The van der Waals surface area contributed by atoms with E-state index < -0.39 is 11.7 Å². The number of alkyl carbamates (subject to hydrolysis) is 1. The summed E-state index contributed by atoms with van der Waals surface area (Å²) >= 11 is 0. The van der Waals surface area contributed by atoms with E-state index in [1.807, 2.05) is 27.0 Å². The molecule has 2 rings (SSSR count). The first-order valence-electron chi connectivity index (χ1n) is 7.65. The number of phenols is 1. The average molecular weight is 333 g/mol. The number of nitrogens with one attached hydrogen (secondary N) is 1. The van der Waals surface area contributed by atoms with Crippen molar-refractivity contribution in [3.05, 3.63) is 30.6 Å². The third-order valence-corrected chi connectivity index (χ3v) is 3.14. The van der Waals surface area contributed by atoms with Crippen molar-refractivity contribution in [3.63, 3.8) is 0 Å². The molecule has 2 N–H and O–H groups in total. The van der Waals surface area contributed by atoms with Crippen molar-refractivity contribution in [2.45, 2.75) is 32.9 Å². The Kier molecular flexibility index (Phi) is 5.33. The number of rotatable bonds is 5. The molecule has 7 heteroatoms. The number of methoxy groups -OCH3 is 1. The summed E-state index contributed by atoms with van der Waals surface area (Å²) in [7, 11) is 1.57. The van der Waals surface area contributed by atoms with Gasteiger partial charge < -0.3 is 19.9 Å². The van der Waals surface area contributed by atoms with Crippen LogP contribution < -0.4 is 10.1 Å². The van der Waals surface area contributed by atoms with Gasteiger partial charge in [0.05, 0.1) is 19.9 Å². The number of benzene rings is 1. The summed E-state index contributed by atoms with van der Waals surface area (Å²) in [6.45, 7) is 6.34. The first-order chi connectivity index (χ1) is 11.3. The summed E-state index contributed by atoms with van der Waals surface area (Å²) in [5.41, 5.74) is 1.05. The molecule has 1 heterocycles. The van der Waals surface area contributed by atoms with E-state index in [0.717, 1.165) is 11.1 Å². The van der Waals surface area contributed by atoms with Gasteiger partial charge in [0.25, 0.3) is 0 Å². The van der Waals surface area contributed by atoms with E-state index in [1.165, 1.54) is 0 Å². The summed E-state index contributed by atoms with van der Waals surface area (Å²) in [5, 5.41) is 16.6. The second-order valence-corrected chi connectivity index (χ2v) is 6.31. The minimum absolute atomic E-state index is 0.158. The molecule has 0 fully saturated rings. The minimum atomic E-state index is -0.519. The Labute approximate surface area is 141 Å². The van der Waals surface area contributed by atoms with Crippen molar-refractivity contribution in [3.8, 4) is 22.6 Å². The molecule has 0 aliphatic carbocycles. The Morgan fingerprint density at radius 2 is 2.12 bits per heavy atom. The third kappa shape index (κ3) is 4.91. The second-order valence-electron chi connectivity index (χ2n) is 6.31. The number of carbonyl (C=O) groups is 1. The predicted octanol–water partition coefficient (Wildman–Crippen LogP) is 2.79. The molecule has 0 aliphatic heterocycles. The molecule has 130 valence electrons. The van der Waals surface area contributed by atoms with Gasteiger partial charge in [-0.2, -0.15) is 5.10 Å². The van der Waals surface area contributed by atoms with Crippen molar-refractivity contribution in [2.75, 3.05) is 13.7 Å². The molecule has 0 atom stereocenters. The fourth-order valence-corrected chi connectivity index (χ4v) is 2.13. The molecule has 0 spiro atoms. The number of hydrogen-bond donors (Lipinski definition) is 2. The second kappa shape index (κ2) is 7.25. The van der Waals surface area contributed by atoms with Gasteiger partial charge in [0.1, 0.15) is 17.1 Å². The largest absolute Gasteiger partial charge is 0.508 e. The van der Waals surface area contributed by atoms with E-state index in [0.29, 0.717) is 18.8 Å². The van der Waals surface area contributed by atoms with Crippen LogP contribution in [0.5, 0.6) is 11.5 Å². The number of aromatic hydroxyl groups is 1. The van der Waals surface area contributed by atoms with Crippen LogP contribution in [0.2, 0.25) is 0 Å². The number of nitrogens with zero attached hydrogens (tertiary/aromatic N) is 2. The van der Waals surface area contributed by atoms with Crippen LogP contribution in [0.3, 0.4) is 0 Å². The topological polar surface area (TPSA) is 85.6 Å². The summed E-state index contributed by atoms with van der Waals surface area (Å²) in [6.07, 6.45) is 3.06. The summed E-state index contributed by atoms with van der Waals surface area (Å²) in [6, 6.07) is 4.89. The van der Waals surface area contributed by atoms with Gasteiger partial charge in [0.15, 0.2) is 0 Å². The summed E-state index contributed by atoms with van der Waals surface area (Å²) < 4.78 is 12.2. The molecule has 2 aromatic rings. The molecule has 1 aromatic heterocycles. The predicted molar refractivity (Wildman–Crippen MR) is 90.1 cm³/mol. The van der Waals surface area contributed by atoms with Gasteiger partial charge in [-0.1, -0.05) is 0 Å². The minimum Gasteiger partial charge on any atom is -0.508 e. The highest BCUT2D eigenvalue weighted by molar-refractivity contribution is 5.71. The monoisotopic (exact) mass is 333 g/mol. The number of amides is 1. The van der Waals surface area contributed by atoms with Crippen LogP contribution in [0.1, 0.15) is 20.8 Å². The highest BCUT2D eigenvalue weighted by Crippen LogP contribution is 2.32. The molecule has 0 radical (unpaired) electrons.